The number of hydrogen-bond donors (Lipinski definition) is 1. The first-order valence-corrected chi connectivity index (χ1v) is 11.8. The molecule has 9 heteroatoms. The molecule has 1 saturated heterocycles. The van der Waals surface area contributed by atoms with E-state index in [0.29, 0.717) is 36.3 Å². The lowest BCUT2D eigenvalue weighted by atomic mass is 9.94. The highest BCUT2D eigenvalue weighted by Crippen LogP contribution is 2.27. The monoisotopic (exact) mass is 430 g/mol. The molecule has 0 unspecified atom stereocenters. The van der Waals surface area contributed by atoms with Crippen molar-refractivity contribution < 1.29 is 13.2 Å². The van der Waals surface area contributed by atoms with Crippen LogP contribution in [-0.4, -0.2) is 41.7 Å². The highest BCUT2D eigenvalue weighted by molar-refractivity contribution is 7.89. The predicted molar refractivity (Wildman–Crippen MR) is 114 cm³/mol. The topological polar surface area (TPSA) is 92.3 Å². The smallest absolute Gasteiger partial charge is 0.256 e. The Bertz CT molecular complexity index is 1130. The number of carbonyl (C=O) groups is 1. The van der Waals surface area contributed by atoms with E-state index >= 15 is 0 Å². The number of fused-ring (bicyclic) bond motifs is 1. The fourth-order valence-corrected chi connectivity index (χ4v) is 6.21. The van der Waals surface area contributed by atoms with Crippen molar-refractivity contribution in [3.8, 4) is 0 Å². The van der Waals surface area contributed by atoms with Crippen LogP contribution in [0.1, 0.15) is 30.6 Å². The number of piperidine rings is 1. The van der Waals surface area contributed by atoms with E-state index in [0.717, 1.165) is 16.6 Å². The maximum absolute atomic E-state index is 13.0. The second kappa shape index (κ2) is 7.81. The molecule has 2 aromatic heterocycles. The average molecular weight is 431 g/mol. The summed E-state index contributed by atoms with van der Waals surface area (Å²) in [5.74, 6) is 0.760. The summed E-state index contributed by atoms with van der Waals surface area (Å²) in [6, 6.07) is 7.91. The molecule has 7 nitrogen and oxygen atoms in total. The molecule has 2 atom stereocenters. The van der Waals surface area contributed by atoms with Crippen molar-refractivity contribution in [3.05, 3.63) is 47.6 Å². The Morgan fingerprint density at radius 2 is 1.79 bits per heavy atom. The van der Waals surface area contributed by atoms with E-state index in [1.54, 1.807) is 4.31 Å². The van der Waals surface area contributed by atoms with Gasteiger partial charge in [-0.2, -0.15) is 4.31 Å². The van der Waals surface area contributed by atoms with E-state index in [9.17, 15) is 13.2 Å². The lowest BCUT2D eigenvalue weighted by Gasteiger charge is -2.34. The van der Waals surface area contributed by atoms with E-state index in [1.807, 2.05) is 11.4 Å². The quantitative estimate of drug-likeness (QED) is 0.683. The molecule has 3 heterocycles. The second-order valence-corrected chi connectivity index (χ2v) is 10.4. The molecule has 1 aromatic carbocycles. The molecule has 4 rings (SSSR count). The molecule has 1 amide bonds. The van der Waals surface area contributed by atoms with Gasteiger partial charge in [0.2, 0.25) is 10.0 Å². The van der Waals surface area contributed by atoms with Gasteiger partial charge < -0.3 is 5.32 Å². The molecular weight excluding hydrogens is 408 g/mol. The van der Waals surface area contributed by atoms with Crippen molar-refractivity contribution in [3.63, 3.8) is 0 Å². The minimum atomic E-state index is -3.57. The van der Waals surface area contributed by atoms with Gasteiger partial charge in [-0.25, -0.2) is 18.4 Å². The second-order valence-electron chi connectivity index (χ2n) is 7.61. The third kappa shape index (κ3) is 4.03. The van der Waals surface area contributed by atoms with Crippen molar-refractivity contribution in [2.75, 3.05) is 18.4 Å². The van der Waals surface area contributed by atoms with Gasteiger partial charge in [0.15, 0.2) is 0 Å². The molecule has 29 heavy (non-hydrogen) atoms. The van der Waals surface area contributed by atoms with Gasteiger partial charge in [0.05, 0.1) is 10.3 Å². The number of hydrogen-bond acceptors (Lipinski definition) is 6. The number of carbonyl (C=O) groups excluding carboxylic acids is 1. The zero-order valence-electron chi connectivity index (χ0n) is 16.2. The van der Waals surface area contributed by atoms with E-state index in [1.165, 1.54) is 41.9 Å². The highest BCUT2D eigenvalue weighted by Gasteiger charge is 2.31. The molecule has 0 radical (unpaired) electrons. The largest absolute Gasteiger partial charge is 0.306 e. The van der Waals surface area contributed by atoms with Crippen LogP contribution in [0.3, 0.4) is 0 Å². The SMILES string of the molecule is C[C@@H]1C[C@H](C)CN(S(=O)(=O)c2ccc(C(=O)Nc3ncnc4sccc34)cc2)C1. The number of aromatic nitrogens is 2. The summed E-state index contributed by atoms with van der Waals surface area (Å²) in [5.41, 5.74) is 0.367. The van der Waals surface area contributed by atoms with Crippen molar-refractivity contribution >= 4 is 43.3 Å². The maximum Gasteiger partial charge on any atom is 0.256 e. The van der Waals surface area contributed by atoms with Gasteiger partial charge in [-0.1, -0.05) is 13.8 Å². The van der Waals surface area contributed by atoms with Gasteiger partial charge in [0.1, 0.15) is 17.0 Å². The van der Waals surface area contributed by atoms with Crippen molar-refractivity contribution in [1.29, 1.82) is 0 Å². The van der Waals surface area contributed by atoms with Crippen LogP contribution in [-0.2, 0) is 10.0 Å². The lowest BCUT2D eigenvalue weighted by molar-refractivity contribution is 0.102. The van der Waals surface area contributed by atoms with Crippen molar-refractivity contribution in [2.45, 2.75) is 25.2 Å². The lowest BCUT2D eigenvalue weighted by Crippen LogP contribution is -2.42. The van der Waals surface area contributed by atoms with E-state index in [2.05, 4.69) is 29.1 Å². The first-order valence-electron chi connectivity index (χ1n) is 9.44. The number of sulfonamides is 1. The normalized spacial score (nSPS) is 20.6. The van der Waals surface area contributed by atoms with E-state index < -0.39 is 10.0 Å². The van der Waals surface area contributed by atoms with E-state index in [4.69, 9.17) is 0 Å². The number of benzene rings is 1. The molecule has 0 spiro atoms. The Labute approximate surface area is 173 Å². The fourth-order valence-electron chi connectivity index (χ4n) is 3.80. The van der Waals surface area contributed by atoms with Gasteiger partial charge in [-0.15, -0.1) is 11.3 Å². The molecule has 1 aliphatic heterocycles. The molecule has 1 fully saturated rings. The third-order valence-corrected chi connectivity index (χ3v) is 7.75. The summed E-state index contributed by atoms with van der Waals surface area (Å²) in [6.07, 6.45) is 2.44. The van der Waals surface area contributed by atoms with Crippen LogP contribution >= 0.6 is 11.3 Å². The van der Waals surface area contributed by atoms with Gasteiger partial charge in [-0.05, 0) is 54.0 Å². The van der Waals surface area contributed by atoms with Crippen LogP contribution in [0, 0.1) is 11.8 Å². The Balaban J connectivity index is 1.53. The van der Waals surface area contributed by atoms with Crippen molar-refractivity contribution in [2.24, 2.45) is 11.8 Å². The minimum Gasteiger partial charge on any atom is -0.306 e. The maximum atomic E-state index is 13.0. The van der Waals surface area contributed by atoms with Gasteiger partial charge in [-0.3, -0.25) is 4.79 Å². The van der Waals surface area contributed by atoms with Crippen LogP contribution < -0.4 is 5.32 Å². The molecule has 1 aliphatic rings. The molecular formula is C20H22N4O3S2. The summed E-state index contributed by atoms with van der Waals surface area (Å²) in [4.78, 5) is 21.9. The van der Waals surface area contributed by atoms with Crippen LogP contribution in [0.5, 0.6) is 0 Å². The fraction of sp³-hybridized carbons (Fsp3) is 0.350. The average Bonchev–Trinajstić information content (AvgIpc) is 3.17. The van der Waals surface area contributed by atoms with Crippen LogP contribution in [0.25, 0.3) is 10.2 Å². The van der Waals surface area contributed by atoms with Crippen molar-refractivity contribution in [1.82, 2.24) is 14.3 Å². The molecule has 152 valence electrons. The van der Waals surface area contributed by atoms with Crippen LogP contribution in [0.4, 0.5) is 5.82 Å². The number of anilines is 1. The number of amides is 1. The minimum absolute atomic E-state index is 0.206. The number of rotatable bonds is 4. The molecule has 0 saturated carbocycles. The Kier molecular flexibility index (Phi) is 5.37. The van der Waals surface area contributed by atoms with Crippen LogP contribution in [0.2, 0.25) is 0 Å². The predicted octanol–water partition coefficient (Wildman–Crippen LogP) is 3.61. The first-order chi connectivity index (χ1) is 13.8. The molecule has 1 N–H and O–H groups in total. The highest BCUT2D eigenvalue weighted by atomic mass is 32.2. The zero-order chi connectivity index (χ0) is 20.6. The van der Waals surface area contributed by atoms with Gasteiger partial charge >= 0.3 is 0 Å². The number of thiophene rings is 1. The summed E-state index contributed by atoms with van der Waals surface area (Å²) >= 11 is 1.47. The standard InChI is InChI=1S/C20H22N4O3S2/c1-13-9-14(2)11-24(10-13)29(26,27)16-5-3-15(4-6-16)19(25)23-18-17-7-8-28-20(17)22-12-21-18/h3-8,12-14H,9-11H2,1-2H3,(H,21,22,23,25)/t13-,14+. The van der Waals surface area contributed by atoms with Crippen LogP contribution in [0.15, 0.2) is 46.9 Å². The first kappa shape index (κ1) is 19.9. The summed E-state index contributed by atoms with van der Waals surface area (Å²) < 4.78 is 27.5. The van der Waals surface area contributed by atoms with E-state index in [-0.39, 0.29) is 10.8 Å². The number of nitrogens with zero attached hydrogens (tertiary/aromatic N) is 3. The Hall–Kier alpha value is -2.36. The summed E-state index contributed by atoms with van der Waals surface area (Å²) in [6.45, 7) is 5.20. The number of nitrogens with one attached hydrogen (secondary N) is 1. The molecule has 3 aromatic rings. The van der Waals surface area contributed by atoms with Gasteiger partial charge in [0, 0.05) is 18.7 Å². The summed E-state index contributed by atoms with van der Waals surface area (Å²) in [7, 11) is -3.57. The third-order valence-electron chi connectivity index (χ3n) is 5.08. The molecule has 0 aliphatic carbocycles. The Morgan fingerprint density at radius 3 is 2.48 bits per heavy atom. The van der Waals surface area contributed by atoms with Gasteiger partial charge in [0.25, 0.3) is 5.91 Å². The Morgan fingerprint density at radius 1 is 1.10 bits per heavy atom. The summed E-state index contributed by atoms with van der Waals surface area (Å²) in [5, 5.41) is 5.44. The molecule has 0 bridgehead atoms. The zero-order valence-corrected chi connectivity index (χ0v) is 17.8.